The first-order valence-corrected chi connectivity index (χ1v) is 8.04. The molecular weight excluding hydrogens is 292 g/mol. The Balaban J connectivity index is 1.39. The number of anilines is 1. The van der Waals surface area contributed by atoms with Crippen molar-refractivity contribution >= 4 is 5.82 Å². The van der Waals surface area contributed by atoms with Gasteiger partial charge in [-0.2, -0.15) is 5.10 Å². The van der Waals surface area contributed by atoms with E-state index in [-0.39, 0.29) is 0 Å². The molecule has 2 aromatic rings. The summed E-state index contributed by atoms with van der Waals surface area (Å²) in [5, 5.41) is 11.8. The Morgan fingerprint density at radius 1 is 1.22 bits per heavy atom. The Morgan fingerprint density at radius 3 is 3.13 bits per heavy atom. The SMILES string of the molecule is c1cnnc(N2CCC[C@H](NCc3cccc4c3OCO4)C2)c1. The smallest absolute Gasteiger partial charge is 0.231 e. The minimum Gasteiger partial charge on any atom is -0.454 e. The summed E-state index contributed by atoms with van der Waals surface area (Å²) >= 11 is 0. The number of para-hydroxylation sites is 1. The Kier molecular flexibility index (Phi) is 3.98. The van der Waals surface area contributed by atoms with E-state index >= 15 is 0 Å². The number of rotatable bonds is 4. The van der Waals surface area contributed by atoms with E-state index in [2.05, 4.69) is 26.5 Å². The number of nitrogens with one attached hydrogen (secondary N) is 1. The molecule has 120 valence electrons. The molecular formula is C17H20N4O2. The van der Waals surface area contributed by atoms with Gasteiger partial charge in [-0.25, -0.2) is 0 Å². The quantitative estimate of drug-likeness (QED) is 0.931. The largest absolute Gasteiger partial charge is 0.454 e. The van der Waals surface area contributed by atoms with Gasteiger partial charge in [-0.05, 0) is 31.0 Å². The summed E-state index contributed by atoms with van der Waals surface area (Å²) in [6.45, 7) is 3.08. The Hall–Kier alpha value is -2.34. The molecule has 6 heteroatoms. The van der Waals surface area contributed by atoms with Gasteiger partial charge in [0.2, 0.25) is 6.79 Å². The molecule has 0 radical (unpaired) electrons. The van der Waals surface area contributed by atoms with Crippen LogP contribution in [0.3, 0.4) is 0 Å². The normalized spacial score (nSPS) is 19.8. The van der Waals surface area contributed by atoms with Crippen LogP contribution in [0.2, 0.25) is 0 Å². The highest BCUT2D eigenvalue weighted by atomic mass is 16.7. The molecule has 1 fully saturated rings. The van der Waals surface area contributed by atoms with Gasteiger partial charge in [0.15, 0.2) is 17.3 Å². The summed E-state index contributed by atoms with van der Waals surface area (Å²) in [7, 11) is 0. The van der Waals surface area contributed by atoms with Gasteiger partial charge in [0, 0.05) is 37.4 Å². The summed E-state index contributed by atoms with van der Waals surface area (Å²) in [6, 6.07) is 10.4. The number of benzene rings is 1. The Labute approximate surface area is 135 Å². The van der Waals surface area contributed by atoms with E-state index in [0.717, 1.165) is 48.9 Å². The van der Waals surface area contributed by atoms with Crippen LogP contribution in [0.4, 0.5) is 5.82 Å². The maximum atomic E-state index is 5.57. The molecule has 1 aromatic carbocycles. The number of hydrogen-bond donors (Lipinski definition) is 1. The molecule has 4 rings (SSSR count). The maximum Gasteiger partial charge on any atom is 0.231 e. The van der Waals surface area contributed by atoms with Gasteiger partial charge < -0.3 is 19.7 Å². The fraction of sp³-hybridized carbons (Fsp3) is 0.412. The Morgan fingerprint density at radius 2 is 2.22 bits per heavy atom. The van der Waals surface area contributed by atoms with Gasteiger partial charge in [0.25, 0.3) is 0 Å². The number of aromatic nitrogens is 2. The fourth-order valence-electron chi connectivity index (χ4n) is 3.20. The van der Waals surface area contributed by atoms with Crippen molar-refractivity contribution in [1.29, 1.82) is 0 Å². The van der Waals surface area contributed by atoms with E-state index in [4.69, 9.17) is 9.47 Å². The number of ether oxygens (including phenoxy) is 2. The van der Waals surface area contributed by atoms with Crippen molar-refractivity contribution in [3.05, 3.63) is 42.1 Å². The first-order valence-electron chi connectivity index (χ1n) is 8.04. The molecule has 0 saturated carbocycles. The lowest BCUT2D eigenvalue weighted by Gasteiger charge is -2.33. The van der Waals surface area contributed by atoms with Crippen molar-refractivity contribution in [3.63, 3.8) is 0 Å². The van der Waals surface area contributed by atoms with Crippen molar-refractivity contribution < 1.29 is 9.47 Å². The predicted octanol–water partition coefficient (Wildman–Crippen LogP) is 1.96. The minimum atomic E-state index is 0.316. The first-order chi connectivity index (χ1) is 11.4. The molecule has 23 heavy (non-hydrogen) atoms. The molecule has 0 bridgehead atoms. The third kappa shape index (κ3) is 3.07. The van der Waals surface area contributed by atoms with E-state index in [1.807, 2.05) is 24.3 Å². The lowest BCUT2D eigenvalue weighted by Crippen LogP contribution is -2.45. The zero-order valence-corrected chi connectivity index (χ0v) is 12.9. The van der Waals surface area contributed by atoms with Crippen LogP contribution in [0.25, 0.3) is 0 Å². The molecule has 2 aliphatic heterocycles. The van der Waals surface area contributed by atoms with E-state index in [0.29, 0.717) is 12.8 Å². The zero-order valence-electron chi connectivity index (χ0n) is 12.9. The van der Waals surface area contributed by atoms with Gasteiger partial charge in [-0.3, -0.25) is 0 Å². The molecule has 0 amide bonds. The zero-order chi connectivity index (χ0) is 15.5. The van der Waals surface area contributed by atoms with Crippen LogP contribution in [0.15, 0.2) is 36.5 Å². The molecule has 1 N–H and O–H groups in total. The van der Waals surface area contributed by atoms with Crippen LogP contribution in [-0.4, -0.2) is 36.1 Å². The number of piperidine rings is 1. The van der Waals surface area contributed by atoms with Gasteiger partial charge in [-0.1, -0.05) is 12.1 Å². The summed E-state index contributed by atoms with van der Waals surface area (Å²) in [5.74, 6) is 2.67. The lowest BCUT2D eigenvalue weighted by molar-refractivity contribution is 0.173. The van der Waals surface area contributed by atoms with Crippen LogP contribution in [-0.2, 0) is 6.54 Å². The highest BCUT2D eigenvalue weighted by Crippen LogP contribution is 2.35. The first kappa shape index (κ1) is 14.3. The van der Waals surface area contributed by atoms with Crippen LogP contribution < -0.4 is 19.7 Å². The van der Waals surface area contributed by atoms with Crippen molar-refractivity contribution in [2.24, 2.45) is 0 Å². The fourth-order valence-corrected chi connectivity index (χ4v) is 3.20. The third-order valence-electron chi connectivity index (χ3n) is 4.36. The van der Waals surface area contributed by atoms with Crippen LogP contribution >= 0.6 is 0 Å². The number of hydrogen-bond acceptors (Lipinski definition) is 6. The van der Waals surface area contributed by atoms with Gasteiger partial charge >= 0.3 is 0 Å². The van der Waals surface area contributed by atoms with E-state index in [1.54, 1.807) is 6.20 Å². The molecule has 6 nitrogen and oxygen atoms in total. The average molecular weight is 312 g/mol. The topological polar surface area (TPSA) is 59.5 Å². The second-order valence-corrected chi connectivity index (χ2v) is 5.90. The second kappa shape index (κ2) is 6.42. The summed E-state index contributed by atoms with van der Waals surface area (Å²) in [5.41, 5.74) is 1.15. The minimum absolute atomic E-state index is 0.316. The van der Waals surface area contributed by atoms with Crippen molar-refractivity contribution in [1.82, 2.24) is 15.5 Å². The lowest BCUT2D eigenvalue weighted by atomic mass is 10.0. The van der Waals surface area contributed by atoms with Crippen molar-refractivity contribution in [2.45, 2.75) is 25.4 Å². The Bertz CT molecular complexity index is 665. The summed E-state index contributed by atoms with van der Waals surface area (Å²) < 4.78 is 11.0. The van der Waals surface area contributed by atoms with Gasteiger partial charge in [0.05, 0.1) is 0 Å². The summed E-state index contributed by atoms with van der Waals surface area (Å²) in [6.07, 6.45) is 4.03. The predicted molar refractivity (Wildman–Crippen MR) is 86.7 cm³/mol. The molecule has 0 spiro atoms. The van der Waals surface area contributed by atoms with Crippen LogP contribution in [0, 0.1) is 0 Å². The second-order valence-electron chi connectivity index (χ2n) is 5.90. The van der Waals surface area contributed by atoms with E-state index < -0.39 is 0 Å². The molecule has 3 heterocycles. The molecule has 2 aliphatic rings. The highest BCUT2D eigenvalue weighted by molar-refractivity contribution is 5.48. The van der Waals surface area contributed by atoms with Crippen molar-refractivity contribution in [3.8, 4) is 11.5 Å². The van der Waals surface area contributed by atoms with Crippen LogP contribution in [0.5, 0.6) is 11.5 Å². The summed E-state index contributed by atoms with van der Waals surface area (Å²) in [4.78, 5) is 2.29. The van der Waals surface area contributed by atoms with E-state index in [9.17, 15) is 0 Å². The standard InChI is InChI=1S/C17H20N4O2/c1-4-13(17-15(6-1)22-12-23-17)10-18-14-5-3-9-21(11-14)16-7-2-8-19-20-16/h1-2,4,6-8,14,18H,3,5,9-12H2/t14-/m0/s1. The van der Waals surface area contributed by atoms with Gasteiger partial charge in [-0.15, -0.1) is 5.10 Å². The van der Waals surface area contributed by atoms with Gasteiger partial charge in [0.1, 0.15) is 0 Å². The van der Waals surface area contributed by atoms with Crippen molar-refractivity contribution in [2.75, 3.05) is 24.8 Å². The highest BCUT2D eigenvalue weighted by Gasteiger charge is 2.22. The molecule has 1 atom stereocenters. The molecule has 0 aliphatic carbocycles. The van der Waals surface area contributed by atoms with Crippen LogP contribution in [0.1, 0.15) is 18.4 Å². The monoisotopic (exact) mass is 312 g/mol. The molecule has 1 aromatic heterocycles. The average Bonchev–Trinajstić information content (AvgIpc) is 3.10. The van der Waals surface area contributed by atoms with E-state index in [1.165, 1.54) is 6.42 Å². The maximum absolute atomic E-state index is 5.57. The molecule has 0 unspecified atom stereocenters. The molecule has 1 saturated heterocycles. The number of fused-ring (bicyclic) bond motifs is 1. The third-order valence-corrected chi connectivity index (χ3v) is 4.36. The number of nitrogens with zero attached hydrogens (tertiary/aromatic N) is 3.